The van der Waals surface area contributed by atoms with Crippen molar-refractivity contribution in [1.29, 1.82) is 0 Å². The number of amides is 1. The Balaban J connectivity index is 1.73. The number of methoxy groups -OCH3 is 1. The first-order chi connectivity index (χ1) is 13.5. The molecule has 1 fully saturated rings. The van der Waals surface area contributed by atoms with Crippen molar-refractivity contribution in [3.8, 4) is 11.1 Å². The highest BCUT2D eigenvalue weighted by Gasteiger charge is 2.41. The summed E-state index contributed by atoms with van der Waals surface area (Å²) in [5.41, 5.74) is 3.08. The number of carbonyl (C=O) groups is 1. The number of nitrogens with zero attached hydrogens (tertiary/aromatic N) is 1. The number of hydrogen-bond acceptors (Lipinski definition) is 4. The Labute approximate surface area is 165 Å². The van der Waals surface area contributed by atoms with Gasteiger partial charge >= 0.3 is 0 Å². The minimum absolute atomic E-state index is 0.0108. The molecule has 0 bridgehead atoms. The quantitative estimate of drug-likeness (QED) is 0.731. The first-order valence-corrected chi connectivity index (χ1v) is 9.50. The summed E-state index contributed by atoms with van der Waals surface area (Å²) in [7, 11) is 1.62. The maximum absolute atomic E-state index is 13.1. The van der Waals surface area contributed by atoms with E-state index in [-0.39, 0.29) is 36.3 Å². The zero-order chi connectivity index (χ0) is 20.1. The van der Waals surface area contributed by atoms with Crippen LogP contribution in [0.4, 0.5) is 4.39 Å². The highest BCUT2D eigenvalue weighted by atomic mass is 19.1. The van der Waals surface area contributed by atoms with E-state index in [9.17, 15) is 14.3 Å². The number of benzene rings is 2. The smallest absolute Gasteiger partial charge is 0.219 e. The van der Waals surface area contributed by atoms with Gasteiger partial charge < -0.3 is 20.1 Å². The molecule has 6 heteroatoms. The Morgan fingerprint density at radius 3 is 2.25 bits per heavy atom. The van der Waals surface area contributed by atoms with Crippen molar-refractivity contribution in [2.45, 2.75) is 24.9 Å². The first-order valence-electron chi connectivity index (χ1n) is 9.50. The summed E-state index contributed by atoms with van der Waals surface area (Å²) in [6.45, 7) is 3.21. The van der Waals surface area contributed by atoms with E-state index in [1.165, 1.54) is 12.1 Å². The van der Waals surface area contributed by atoms with Crippen molar-refractivity contribution >= 4 is 5.91 Å². The lowest BCUT2D eigenvalue weighted by molar-refractivity contribution is -0.130. The van der Waals surface area contributed by atoms with Gasteiger partial charge in [-0.15, -0.1) is 0 Å². The molecule has 28 heavy (non-hydrogen) atoms. The van der Waals surface area contributed by atoms with Crippen LogP contribution in [0.2, 0.25) is 0 Å². The van der Waals surface area contributed by atoms with Gasteiger partial charge in [-0.25, -0.2) is 4.39 Å². The predicted molar refractivity (Wildman–Crippen MR) is 107 cm³/mol. The molecule has 5 nitrogen and oxygen atoms in total. The van der Waals surface area contributed by atoms with Crippen LogP contribution < -0.4 is 5.32 Å². The summed E-state index contributed by atoms with van der Waals surface area (Å²) >= 11 is 0. The Morgan fingerprint density at radius 2 is 1.71 bits per heavy atom. The standard InChI is InChI=1S/C22H27FN2O3/c1-15(27)25(11-12-28-2)13-20-22(21(14-26)24-20)18-5-3-16(4-6-18)17-7-9-19(23)10-8-17/h3-10,20-22,24,26H,11-14H2,1-2H3/t20-,21-,22-/m1/s1. The van der Waals surface area contributed by atoms with Crippen LogP contribution in [0.1, 0.15) is 18.4 Å². The summed E-state index contributed by atoms with van der Waals surface area (Å²) in [5.74, 6) is -0.119. The third-order valence-electron chi connectivity index (χ3n) is 5.39. The number of rotatable bonds is 8. The van der Waals surface area contributed by atoms with Crippen LogP contribution in [0.25, 0.3) is 11.1 Å². The van der Waals surface area contributed by atoms with Crippen LogP contribution in [0.3, 0.4) is 0 Å². The van der Waals surface area contributed by atoms with Crippen LogP contribution in [-0.2, 0) is 9.53 Å². The largest absolute Gasteiger partial charge is 0.395 e. The van der Waals surface area contributed by atoms with E-state index in [1.807, 2.05) is 24.3 Å². The SMILES string of the molecule is COCCN(C[C@H]1N[C@H](CO)[C@@H]1c1ccc(-c2ccc(F)cc2)cc1)C(C)=O. The maximum Gasteiger partial charge on any atom is 0.219 e. The van der Waals surface area contributed by atoms with Gasteiger partial charge in [0.25, 0.3) is 0 Å². The molecule has 1 heterocycles. The van der Waals surface area contributed by atoms with Gasteiger partial charge in [0.05, 0.1) is 13.2 Å². The van der Waals surface area contributed by atoms with Crippen molar-refractivity contribution < 1.29 is 19.0 Å². The molecule has 0 unspecified atom stereocenters. The van der Waals surface area contributed by atoms with Crippen molar-refractivity contribution in [1.82, 2.24) is 10.2 Å². The highest BCUT2D eigenvalue weighted by Crippen LogP contribution is 2.34. The molecule has 0 spiro atoms. The molecular weight excluding hydrogens is 359 g/mol. The molecule has 150 valence electrons. The van der Waals surface area contributed by atoms with Gasteiger partial charge in [-0.1, -0.05) is 36.4 Å². The molecule has 0 saturated carbocycles. The second-order valence-corrected chi connectivity index (χ2v) is 7.17. The van der Waals surface area contributed by atoms with Gasteiger partial charge in [0.15, 0.2) is 0 Å². The van der Waals surface area contributed by atoms with E-state index in [0.29, 0.717) is 19.7 Å². The summed E-state index contributed by atoms with van der Waals surface area (Å²) in [4.78, 5) is 13.7. The van der Waals surface area contributed by atoms with Gasteiger partial charge in [0.2, 0.25) is 5.91 Å². The molecule has 3 rings (SSSR count). The van der Waals surface area contributed by atoms with E-state index >= 15 is 0 Å². The zero-order valence-corrected chi connectivity index (χ0v) is 16.3. The molecule has 0 aliphatic carbocycles. The van der Waals surface area contributed by atoms with E-state index in [4.69, 9.17) is 4.74 Å². The fraction of sp³-hybridized carbons (Fsp3) is 0.409. The number of halogens is 1. The van der Waals surface area contributed by atoms with Crippen LogP contribution in [0.5, 0.6) is 0 Å². The number of ether oxygens (including phenoxy) is 1. The van der Waals surface area contributed by atoms with E-state index in [2.05, 4.69) is 5.32 Å². The summed E-state index contributed by atoms with van der Waals surface area (Å²) in [5, 5.41) is 13.0. The maximum atomic E-state index is 13.1. The number of aliphatic hydroxyl groups excluding tert-OH is 1. The lowest BCUT2D eigenvalue weighted by Gasteiger charge is -2.47. The van der Waals surface area contributed by atoms with Gasteiger partial charge in [-0.05, 0) is 28.8 Å². The third kappa shape index (κ3) is 4.58. The molecule has 2 N–H and O–H groups in total. The van der Waals surface area contributed by atoms with Gasteiger partial charge in [-0.2, -0.15) is 0 Å². The fourth-order valence-electron chi connectivity index (χ4n) is 3.80. The number of carbonyl (C=O) groups excluding carboxylic acids is 1. The van der Waals surface area contributed by atoms with Gasteiger partial charge in [0.1, 0.15) is 5.82 Å². The monoisotopic (exact) mass is 386 g/mol. The molecule has 3 atom stereocenters. The average Bonchev–Trinajstić information content (AvgIpc) is 2.68. The molecule has 2 aromatic carbocycles. The van der Waals surface area contributed by atoms with Crippen LogP contribution in [-0.4, -0.2) is 61.4 Å². The Morgan fingerprint density at radius 1 is 1.11 bits per heavy atom. The Bertz CT molecular complexity index is 779. The molecule has 1 amide bonds. The average molecular weight is 386 g/mol. The second kappa shape index (κ2) is 9.28. The van der Waals surface area contributed by atoms with Crippen molar-refractivity contribution in [2.75, 3.05) is 33.4 Å². The zero-order valence-electron chi connectivity index (χ0n) is 16.3. The fourth-order valence-corrected chi connectivity index (χ4v) is 3.80. The van der Waals surface area contributed by atoms with Crippen LogP contribution in [0, 0.1) is 5.82 Å². The first kappa shape index (κ1) is 20.5. The molecule has 1 saturated heterocycles. The Hall–Kier alpha value is -2.28. The number of hydrogen-bond donors (Lipinski definition) is 2. The minimum Gasteiger partial charge on any atom is -0.395 e. The van der Waals surface area contributed by atoms with E-state index < -0.39 is 0 Å². The van der Waals surface area contributed by atoms with E-state index in [1.54, 1.807) is 31.1 Å². The van der Waals surface area contributed by atoms with Crippen molar-refractivity contribution in [2.24, 2.45) is 0 Å². The van der Waals surface area contributed by atoms with Crippen LogP contribution in [0.15, 0.2) is 48.5 Å². The molecule has 2 aromatic rings. The summed E-state index contributed by atoms with van der Waals surface area (Å²) in [6.07, 6.45) is 0. The van der Waals surface area contributed by atoms with Gasteiger partial charge in [0, 0.05) is 45.1 Å². The van der Waals surface area contributed by atoms with Gasteiger partial charge in [-0.3, -0.25) is 4.79 Å². The number of nitrogens with one attached hydrogen (secondary N) is 1. The highest BCUT2D eigenvalue weighted by molar-refractivity contribution is 5.73. The summed E-state index contributed by atoms with van der Waals surface area (Å²) < 4.78 is 18.2. The molecule has 0 aromatic heterocycles. The van der Waals surface area contributed by atoms with Crippen molar-refractivity contribution in [3.05, 3.63) is 59.9 Å². The second-order valence-electron chi connectivity index (χ2n) is 7.17. The lowest BCUT2D eigenvalue weighted by Crippen LogP contribution is -2.65. The topological polar surface area (TPSA) is 61.8 Å². The molecular formula is C22H27FN2O3. The Kier molecular flexibility index (Phi) is 6.78. The van der Waals surface area contributed by atoms with Crippen LogP contribution >= 0.6 is 0 Å². The van der Waals surface area contributed by atoms with E-state index in [0.717, 1.165) is 16.7 Å². The minimum atomic E-state index is -0.252. The number of aliphatic hydroxyl groups is 1. The molecule has 1 aliphatic rings. The molecule has 1 aliphatic heterocycles. The normalized spacial score (nSPS) is 21.2. The predicted octanol–water partition coefficient (Wildman–Crippen LogP) is 2.40. The molecule has 0 radical (unpaired) electrons. The van der Waals surface area contributed by atoms with Crippen molar-refractivity contribution in [3.63, 3.8) is 0 Å². The summed E-state index contributed by atoms with van der Waals surface area (Å²) in [6, 6.07) is 14.6. The lowest BCUT2D eigenvalue weighted by atomic mass is 9.77. The third-order valence-corrected chi connectivity index (χ3v) is 5.39.